The minimum absolute atomic E-state index is 0.0213. The van der Waals surface area contributed by atoms with E-state index in [4.69, 9.17) is 4.74 Å². The first-order valence-corrected chi connectivity index (χ1v) is 12.0. The lowest BCUT2D eigenvalue weighted by Gasteiger charge is -2.35. The highest BCUT2D eigenvalue weighted by molar-refractivity contribution is 5.93. The zero-order chi connectivity index (χ0) is 23.9. The summed E-state index contributed by atoms with van der Waals surface area (Å²) in [7, 11) is 0. The number of fused-ring (bicyclic) bond motifs is 1. The number of carbonyl (C=O) groups excluding carboxylic acids is 1. The number of hydrogen-bond donors (Lipinski definition) is 2. The van der Waals surface area contributed by atoms with Gasteiger partial charge in [-0.2, -0.15) is 0 Å². The van der Waals surface area contributed by atoms with Crippen molar-refractivity contribution in [2.45, 2.75) is 26.6 Å². The van der Waals surface area contributed by atoms with E-state index in [1.165, 1.54) is 10.8 Å². The van der Waals surface area contributed by atoms with Crippen LogP contribution in [-0.2, 0) is 16.1 Å². The van der Waals surface area contributed by atoms with Gasteiger partial charge in [-0.05, 0) is 47.4 Å². The van der Waals surface area contributed by atoms with Crippen molar-refractivity contribution in [3.05, 3.63) is 77.4 Å². The number of carbonyl (C=O) groups is 1. The summed E-state index contributed by atoms with van der Waals surface area (Å²) < 4.78 is 5.78. The van der Waals surface area contributed by atoms with Gasteiger partial charge in [-0.3, -0.25) is 14.6 Å². The molecular formula is C28H35N3O3. The molecule has 0 radical (unpaired) electrons. The molecule has 3 aromatic rings. The molecule has 6 nitrogen and oxygen atoms in total. The number of piperazine rings is 1. The summed E-state index contributed by atoms with van der Waals surface area (Å²) in [4.78, 5) is 16.9. The zero-order valence-corrected chi connectivity index (χ0v) is 20.2. The smallest absolute Gasteiger partial charge is 0.238 e. The van der Waals surface area contributed by atoms with E-state index in [0.717, 1.165) is 48.6 Å². The molecule has 1 atom stereocenters. The molecule has 1 saturated heterocycles. The van der Waals surface area contributed by atoms with Gasteiger partial charge in [0.2, 0.25) is 5.91 Å². The quantitative estimate of drug-likeness (QED) is 0.510. The van der Waals surface area contributed by atoms with Crippen LogP contribution in [-0.4, -0.2) is 72.8 Å². The Morgan fingerprint density at radius 1 is 0.941 bits per heavy atom. The third-order valence-corrected chi connectivity index (χ3v) is 6.44. The predicted octanol–water partition coefficient (Wildman–Crippen LogP) is 3.59. The lowest BCUT2D eigenvalue weighted by Crippen LogP contribution is -2.50. The fourth-order valence-electron chi connectivity index (χ4n) is 4.52. The lowest BCUT2D eigenvalue weighted by molar-refractivity contribution is -0.117. The molecule has 0 bridgehead atoms. The van der Waals surface area contributed by atoms with Crippen molar-refractivity contribution in [1.29, 1.82) is 0 Å². The number of amides is 1. The number of aliphatic hydroxyl groups excluding tert-OH is 1. The average molecular weight is 462 g/mol. The van der Waals surface area contributed by atoms with Crippen LogP contribution < -0.4 is 5.32 Å². The third kappa shape index (κ3) is 6.64. The number of anilines is 1. The van der Waals surface area contributed by atoms with Crippen LogP contribution in [0.4, 0.5) is 5.69 Å². The molecule has 1 aliphatic heterocycles. The van der Waals surface area contributed by atoms with E-state index in [1.54, 1.807) is 0 Å². The van der Waals surface area contributed by atoms with Crippen LogP contribution in [0.15, 0.2) is 60.7 Å². The van der Waals surface area contributed by atoms with Crippen molar-refractivity contribution in [2.75, 3.05) is 51.2 Å². The van der Waals surface area contributed by atoms with E-state index >= 15 is 0 Å². The normalized spacial score (nSPS) is 16.0. The Kier molecular flexibility index (Phi) is 8.29. The van der Waals surface area contributed by atoms with E-state index in [1.807, 2.05) is 44.2 Å². The van der Waals surface area contributed by atoms with Crippen LogP contribution >= 0.6 is 0 Å². The summed E-state index contributed by atoms with van der Waals surface area (Å²) in [5.74, 6) is 0.0213. The van der Waals surface area contributed by atoms with Crippen LogP contribution in [0, 0.1) is 13.8 Å². The maximum atomic E-state index is 12.5. The number of nitrogens with zero attached hydrogens (tertiary/aromatic N) is 2. The second kappa shape index (κ2) is 11.6. The molecule has 6 heteroatoms. The van der Waals surface area contributed by atoms with Crippen LogP contribution in [0.1, 0.15) is 16.7 Å². The predicted molar refractivity (Wildman–Crippen MR) is 137 cm³/mol. The van der Waals surface area contributed by atoms with Gasteiger partial charge in [0, 0.05) is 38.4 Å². The number of hydrogen-bond acceptors (Lipinski definition) is 5. The van der Waals surface area contributed by atoms with Crippen molar-refractivity contribution in [3.63, 3.8) is 0 Å². The third-order valence-electron chi connectivity index (χ3n) is 6.44. The number of β-amino-alcohol motifs (C(OH)–C–C–N with tert-alkyl or cyclic N) is 1. The Morgan fingerprint density at radius 3 is 2.35 bits per heavy atom. The molecule has 0 saturated carbocycles. The lowest BCUT2D eigenvalue weighted by atomic mass is 10.1. The zero-order valence-electron chi connectivity index (χ0n) is 20.2. The van der Waals surface area contributed by atoms with E-state index in [9.17, 15) is 9.90 Å². The molecule has 2 N–H and O–H groups in total. The summed E-state index contributed by atoms with van der Waals surface area (Å²) in [6.07, 6.45) is -0.528. The second-order valence-electron chi connectivity index (χ2n) is 9.24. The standard InChI is InChI=1S/C28H35N3O3/c1-21-6-5-7-22(2)28(21)29-27(33)18-31-14-12-30(13-15-31)17-26(32)20-34-19-23-10-11-24-8-3-4-9-25(24)16-23/h3-11,16,26,32H,12-15,17-20H2,1-2H3,(H,29,33). The van der Waals surface area contributed by atoms with E-state index in [0.29, 0.717) is 26.3 Å². The van der Waals surface area contributed by atoms with Crippen molar-refractivity contribution in [2.24, 2.45) is 0 Å². The van der Waals surface area contributed by atoms with Gasteiger partial charge in [0.15, 0.2) is 0 Å². The molecule has 0 aliphatic carbocycles. The summed E-state index contributed by atoms with van der Waals surface area (Å²) in [5, 5.41) is 15.9. The summed E-state index contributed by atoms with van der Waals surface area (Å²) in [6.45, 7) is 9.08. The van der Waals surface area contributed by atoms with Gasteiger partial charge < -0.3 is 15.2 Å². The molecule has 4 rings (SSSR count). The van der Waals surface area contributed by atoms with Gasteiger partial charge in [-0.25, -0.2) is 0 Å². The monoisotopic (exact) mass is 461 g/mol. The van der Waals surface area contributed by atoms with Gasteiger partial charge >= 0.3 is 0 Å². The fraction of sp³-hybridized carbons (Fsp3) is 0.393. The van der Waals surface area contributed by atoms with Crippen molar-refractivity contribution < 1.29 is 14.6 Å². The largest absolute Gasteiger partial charge is 0.389 e. The molecule has 1 aliphatic rings. The number of rotatable bonds is 9. The minimum Gasteiger partial charge on any atom is -0.389 e. The summed E-state index contributed by atoms with van der Waals surface area (Å²) >= 11 is 0. The fourth-order valence-corrected chi connectivity index (χ4v) is 4.52. The van der Waals surface area contributed by atoms with Gasteiger partial charge in [0.25, 0.3) is 0 Å². The molecule has 1 amide bonds. The number of ether oxygens (including phenoxy) is 1. The van der Waals surface area contributed by atoms with Crippen LogP contribution in [0.5, 0.6) is 0 Å². The number of aliphatic hydroxyl groups is 1. The Bertz CT molecular complexity index is 1090. The molecule has 180 valence electrons. The Morgan fingerprint density at radius 2 is 1.62 bits per heavy atom. The Labute approximate surface area is 202 Å². The van der Waals surface area contributed by atoms with E-state index in [2.05, 4.69) is 45.4 Å². The highest BCUT2D eigenvalue weighted by atomic mass is 16.5. The van der Waals surface area contributed by atoms with Crippen molar-refractivity contribution in [3.8, 4) is 0 Å². The Balaban J connectivity index is 1.14. The SMILES string of the molecule is Cc1cccc(C)c1NC(=O)CN1CCN(CC(O)COCc2ccc3ccccc3c2)CC1. The van der Waals surface area contributed by atoms with Gasteiger partial charge in [0.05, 0.1) is 25.9 Å². The molecular weight excluding hydrogens is 426 g/mol. The minimum atomic E-state index is -0.528. The first-order chi connectivity index (χ1) is 16.5. The van der Waals surface area contributed by atoms with Crippen molar-refractivity contribution in [1.82, 2.24) is 9.80 Å². The number of benzene rings is 3. The van der Waals surface area contributed by atoms with Crippen LogP contribution in [0.2, 0.25) is 0 Å². The maximum absolute atomic E-state index is 12.5. The molecule has 34 heavy (non-hydrogen) atoms. The molecule has 1 fully saturated rings. The second-order valence-corrected chi connectivity index (χ2v) is 9.24. The highest BCUT2D eigenvalue weighted by Gasteiger charge is 2.21. The van der Waals surface area contributed by atoms with Gasteiger partial charge in [0.1, 0.15) is 0 Å². The number of para-hydroxylation sites is 1. The number of nitrogens with one attached hydrogen (secondary N) is 1. The van der Waals surface area contributed by atoms with Gasteiger partial charge in [-0.1, -0.05) is 54.6 Å². The highest BCUT2D eigenvalue weighted by Crippen LogP contribution is 2.19. The van der Waals surface area contributed by atoms with E-state index in [-0.39, 0.29) is 5.91 Å². The number of aryl methyl sites for hydroxylation is 2. The van der Waals surface area contributed by atoms with E-state index < -0.39 is 6.10 Å². The average Bonchev–Trinajstić information content (AvgIpc) is 2.83. The molecule has 3 aromatic carbocycles. The van der Waals surface area contributed by atoms with Crippen LogP contribution in [0.3, 0.4) is 0 Å². The Hall–Kier alpha value is -2.77. The van der Waals surface area contributed by atoms with Crippen molar-refractivity contribution >= 4 is 22.4 Å². The van der Waals surface area contributed by atoms with Crippen LogP contribution in [0.25, 0.3) is 10.8 Å². The maximum Gasteiger partial charge on any atom is 0.238 e. The first-order valence-electron chi connectivity index (χ1n) is 12.0. The molecule has 1 heterocycles. The van der Waals surface area contributed by atoms with Gasteiger partial charge in [-0.15, -0.1) is 0 Å². The molecule has 1 unspecified atom stereocenters. The molecule has 0 spiro atoms. The molecule has 0 aromatic heterocycles. The summed E-state index contributed by atoms with van der Waals surface area (Å²) in [5.41, 5.74) is 4.18. The topological polar surface area (TPSA) is 65.0 Å². The summed E-state index contributed by atoms with van der Waals surface area (Å²) in [6, 6.07) is 20.6. The first kappa shape index (κ1) is 24.4.